The van der Waals surface area contributed by atoms with Crippen molar-refractivity contribution in [2.45, 2.75) is 26.7 Å². The Morgan fingerprint density at radius 3 is 2.29 bits per heavy atom. The van der Waals surface area contributed by atoms with E-state index >= 15 is 0 Å². The molecule has 0 atom stereocenters. The zero-order valence-electron chi connectivity index (χ0n) is 10.3. The van der Waals surface area contributed by atoms with Crippen LogP contribution in [0.4, 0.5) is 0 Å². The predicted molar refractivity (Wildman–Crippen MR) is 65.9 cm³/mol. The molecule has 0 aromatic heterocycles. The molecule has 5 heteroatoms. The van der Waals surface area contributed by atoms with E-state index in [9.17, 15) is 9.59 Å². The van der Waals surface area contributed by atoms with Crippen molar-refractivity contribution in [1.82, 2.24) is 4.90 Å². The zero-order chi connectivity index (χ0) is 13.4. The van der Waals surface area contributed by atoms with Gasteiger partial charge in [-0.25, -0.2) is 4.79 Å². The second kappa shape index (κ2) is 7.49. The summed E-state index contributed by atoms with van der Waals surface area (Å²) in [7, 11) is 0. The number of nitrogens with two attached hydrogens (primary N) is 1. The van der Waals surface area contributed by atoms with Gasteiger partial charge in [-0.15, -0.1) is 0 Å². The third-order valence-electron chi connectivity index (χ3n) is 2.38. The Morgan fingerprint density at radius 2 is 2.18 bits per heavy atom. The molecule has 1 aliphatic rings. The average Bonchev–Trinajstić information content (AvgIpc) is 2.64. The second-order valence-corrected chi connectivity index (χ2v) is 3.96. The Kier molecular flexibility index (Phi) is 6.70. The number of likely N-dealkylation sites (tertiary alicyclic amines) is 1. The Hall–Kier alpha value is -1.78. The van der Waals surface area contributed by atoms with Gasteiger partial charge in [0, 0.05) is 19.2 Å². The maximum absolute atomic E-state index is 10.7. The summed E-state index contributed by atoms with van der Waals surface area (Å²) < 4.78 is 0. The minimum atomic E-state index is -0.937. The van der Waals surface area contributed by atoms with Gasteiger partial charge in [-0.1, -0.05) is 20.4 Å². The van der Waals surface area contributed by atoms with Crippen LogP contribution < -0.4 is 5.73 Å². The van der Waals surface area contributed by atoms with Gasteiger partial charge in [0.1, 0.15) is 0 Å². The number of carbonyl (C=O) groups excluding carboxylic acids is 1. The van der Waals surface area contributed by atoms with Crippen LogP contribution in [0.15, 0.2) is 24.6 Å². The largest absolute Gasteiger partial charge is 0.478 e. The number of rotatable bonds is 3. The summed E-state index contributed by atoms with van der Waals surface area (Å²) in [6.45, 7) is 7.93. The lowest BCUT2D eigenvalue weighted by molar-refractivity contribution is -0.133. The van der Waals surface area contributed by atoms with E-state index in [-0.39, 0.29) is 17.4 Å². The van der Waals surface area contributed by atoms with Crippen molar-refractivity contribution in [1.29, 1.82) is 0 Å². The first kappa shape index (κ1) is 15.2. The van der Waals surface area contributed by atoms with E-state index < -0.39 is 5.97 Å². The number of carboxylic acid groups (broad SMARTS) is 1. The number of amides is 1. The van der Waals surface area contributed by atoms with Gasteiger partial charge < -0.3 is 15.7 Å². The molecule has 1 fully saturated rings. The molecule has 96 valence electrons. The first-order valence-corrected chi connectivity index (χ1v) is 5.51. The summed E-state index contributed by atoms with van der Waals surface area (Å²) >= 11 is 0. The van der Waals surface area contributed by atoms with Crippen molar-refractivity contribution in [2.75, 3.05) is 6.54 Å². The summed E-state index contributed by atoms with van der Waals surface area (Å²) in [5.41, 5.74) is 5.29. The highest BCUT2D eigenvalue weighted by Crippen LogP contribution is 2.08. The van der Waals surface area contributed by atoms with Crippen LogP contribution in [-0.2, 0) is 9.59 Å². The average molecular weight is 240 g/mol. The third kappa shape index (κ3) is 5.19. The van der Waals surface area contributed by atoms with Crippen LogP contribution in [0.5, 0.6) is 0 Å². The number of carboxylic acids is 1. The van der Waals surface area contributed by atoms with E-state index in [4.69, 9.17) is 10.8 Å². The molecule has 0 spiro atoms. The number of aliphatic carboxylic acids is 1. The molecule has 0 bridgehead atoms. The number of nitrogens with zero attached hydrogens (tertiary/aromatic N) is 1. The smallest absolute Gasteiger partial charge is 0.333 e. The molecule has 1 amide bonds. The molecule has 0 aromatic rings. The van der Waals surface area contributed by atoms with Crippen molar-refractivity contribution in [3.63, 3.8) is 0 Å². The fourth-order valence-electron chi connectivity index (χ4n) is 1.37. The summed E-state index contributed by atoms with van der Waals surface area (Å²) in [4.78, 5) is 22.5. The monoisotopic (exact) mass is 240 g/mol. The van der Waals surface area contributed by atoms with Crippen LogP contribution in [0.3, 0.4) is 0 Å². The van der Waals surface area contributed by atoms with Gasteiger partial charge in [-0.05, 0) is 18.5 Å². The molecule has 1 saturated heterocycles. The first-order valence-electron chi connectivity index (χ1n) is 5.51. The van der Waals surface area contributed by atoms with E-state index in [1.807, 2.05) is 0 Å². The second-order valence-electron chi connectivity index (χ2n) is 3.96. The van der Waals surface area contributed by atoms with Gasteiger partial charge in [0.25, 0.3) is 0 Å². The summed E-state index contributed by atoms with van der Waals surface area (Å²) in [6.07, 6.45) is 4.42. The number of hydrogen-bond acceptors (Lipinski definition) is 3. The normalized spacial score (nSPS) is 15.6. The predicted octanol–water partition coefficient (Wildman–Crippen LogP) is 1.32. The van der Waals surface area contributed by atoms with Crippen molar-refractivity contribution >= 4 is 11.9 Å². The highest BCUT2D eigenvalue weighted by atomic mass is 16.4. The lowest BCUT2D eigenvalue weighted by atomic mass is 10.1. The van der Waals surface area contributed by atoms with Crippen LogP contribution in [0, 0.1) is 5.92 Å². The van der Waals surface area contributed by atoms with Crippen molar-refractivity contribution in [2.24, 2.45) is 11.7 Å². The molecular formula is C12H20N2O3. The summed E-state index contributed by atoms with van der Waals surface area (Å²) in [5, 5.41) is 8.40. The Bertz CT molecular complexity index is 322. The molecule has 0 aromatic carbocycles. The molecule has 3 N–H and O–H groups in total. The van der Waals surface area contributed by atoms with Gasteiger partial charge in [0.15, 0.2) is 0 Å². The molecule has 5 nitrogen and oxygen atoms in total. The van der Waals surface area contributed by atoms with Crippen LogP contribution in [0.1, 0.15) is 26.7 Å². The minimum Gasteiger partial charge on any atom is -0.478 e. The molecule has 0 unspecified atom stereocenters. The van der Waals surface area contributed by atoms with Gasteiger partial charge in [-0.2, -0.15) is 0 Å². The fourth-order valence-corrected chi connectivity index (χ4v) is 1.37. The SMILES string of the molecule is C=CN1CCCC1=O.CC(C)C(=CN)C(=O)O. The molecule has 1 heterocycles. The molecular weight excluding hydrogens is 220 g/mol. The summed E-state index contributed by atoms with van der Waals surface area (Å²) in [6, 6.07) is 0. The van der Waals surface area contributed by atoms with Crippen LogP contribution in [0.2, 0.25) is 0 Å². The van der Waals surface area contributed by atoms with Gasteiger partial charge >= 0.3 is 5.97 Å². The lowest BCUT2D eigenvalue weighted by Crippen LogP contribution is -2.16. The highest BCUT2D eigenvalue weighted by molar-refractivity contribution is 5.86. The van der Waals surface area contributed by atoms with E-state index in [2.05, 4.69) is 6.58 Å². The lowest BCUT2D eigenvalue weighted by Gasteiger charge is -2.05. The van der Waals surface area contributed by atoms with E-state index in [0.29, 0.717) is 6.42 Å². The third-order valence-corrected chi connectivity index (χ3v) is 2.38. The van der Waals surface area contributed by atoms with Gasteiger partial charge in [-0.3, -0.25) is 4.79 Å². The zero-order valence-corrected chi connectivity index (χ0v) is 10.3. The molecule has 17 heavy (non-hydrogen) atoms. The maximum atomic E-state index is 10.7. The molecule has 1 aliphatic heterocycles. The standard InChI is InChI=1S/C6H11NO2.C6H9NO/c1-4(2)5(3-7)6(8)9;1-2-7-5-3-4-6(7)8/h3-4H,7H2,1-2H3,(H,8,9);2H,1,3-5H2. The van der Waals surface area contributed by atoms with Crippen LogP contribution in [0.25, 0.3) is 0 Å². The highest BCUT2D eigenvalue weighted by Gasteiger charge is 2.16. The minimum absolute atomic E-state index is 0.00694. The van der Waals surface area contributed by atoms with E-state index in [1.54, 1.807) is 24.9 Å². The van der Waals surface area contributed by atoms with Gasteiger partial charge in [0.2, 0.25) is 5.91 Å². The molecule has 0 aliphatic carbocycles. The maximum Gasteiger partial charge on any atom is 0.333 e. The molecule has 1 rings (SSSR count). The Labute approximate surface area is 102 Å². The topological polar surface area (TPSA) is 83.6 Å². The van der Waals surface area contributed by atoms with Crippen LogP contribution >= 0.6 is 0 Å². The quantitative estimate of drug-likeness (QED) is 0.729. The van der Waals surface area contributed by atoms with E-state index in [0.717, 1.165) is 19.2 Å². The van der Waals surface area contributed by atoms with Crippen molar-refractivity contribution in [3.8, 4) is 0 Å². The number of carbonyl (C=O) groups is 2. The Balaban J connectivity index is 0.000000302. The molecule has 0 radical (unpaired) electrons. The summed E-state index contributed by atoms with van der Waals surface area (Å²) in [5.74, 6) is -0.736. The number of hydrogen-bond donors (Lipinski definition) is 2. The first-order chi connectivity index (χ1) is 7.93. The van der Waals surface area contributed by atoms with Crippen LogP contribution in [-0.4, -0.2) is 28.4 Å². The Morgan fingerprint density at radius 1 is 1.59 bits per heavy atom. The van der Waals surface area contributed by atoms with Crippen molar-refractivity contribution in [3.05, 3.63) is 24.6 Å². The van der Waals surface area contributed by atoms with Crippen molar-refractivity contribution < 1.29 is 14.7 Å². The fraction of sp³-hybridized carbons (Fsp3) is 0.500. The molecule has 0 saturated carbocycles. The van der Waals surface area contributed by atoms with Gasteiger partial charge in [0.05, 0.1) is 5.57 Å². The van der Waals surface area contributed by atoms with E-state index in [1.165, 1.54) is 0 Å².